The molecule has 1 amide bonds. The Morgan fingerprint density at radius 3 is 2.73 bits per heavy atom. The molecule has 3 aliphatic heterocycles. The van der Waals surface area contributed by atoms with Gasteiger partial charge in [-0.2, -0.15) is 25.3 Å². The van der Waals surface area contributed by atoms with Crippen LogP contribution in [0.2, 0.25) is 0 Å². The topological polar surface area (TPSA) is 165 Å². The smallest absolute Gasteiger partial charge is 0.352 e. The first kappa shape index (κ1) is 17.6. The molecule has 5 unspecified atom stereocenters. The van der Waals surface area contributed by atoms with E-state index in [2.05, 4.69) is 40.8 Å². The number of tetrazole rings is 1. The van der Waals surface area contributed by atoms with Gasteiger partial charge in [-0.3, -0.25) is 9.69 Å². The number of thioether (sulfide) groups is 1. The molecule has 26 heavy (non-hydrogen) atoms. The molecule has 0 aliphatic carbocycles. The maximum atomic E-state index is 12.1. The number of carboxylic acid groups (broad SMARTS) is 2. The van der Waals surface area contributed by atoms with Crippen molar-refractivity contribution >= 4 is 54.9 Å². The molecule has 5 atom stereocenters. The van der Waals surface area contributed by atoms with Crippen LogP contribution in [0.3, 0.4) is 0 Å². The van der Waals surface area contributed by atoms with Gasteiger partial charge in [-0.25, -0.2) is 14.3 Å². The molecule has 4 heterocycles. The molecule has 0 radical (unpaired) electrons. The van der Waals surface area contributed by atoms with Crippen LogP contribution in [0, 0.1) is 0 Å². The average molecular weight is 416 g/mol. The molecular formula is C12H12N6O5S3. The van der Waals surface area contributed by atoms with Gasteiger partial charge in [0.1, 0.15) is 21.9 Å². The van der Waals surface area contributed by atoms with E-state index in [1.54, 1.807) is 0 Å². The van der Waals surface area contributed by atoms with Crippen LogP contribution >= 0.6 is 37.0 Å². The Bertz CT molecular complexity index is 888. The van der Waals surface area contributed by atoms with Gasteiger partial charge in [0, 0.05) is 5.75 Å². The molecule has 0 saturated carbocycles. The number of hydrogen-bond donors (Lipinski definition) is 5. The molecule has 0 spiro atoms. The monoisotopic (exact) mass is 416 g/mol. The van der Waals surface area contributed by atoms with Crippen LogP contribution < -0.4 is 5.73 Å². The van der Waals surface area contributed by atoms with Crippen LogP contribution in [-0.2, 0) is 19.1 Å². The standard InChI is InChI=1S/C12H12N6O5S3/c13-3-7(19)17-4(9(20)21)2(1-26-8(3)17)6(24)12(25)5(10(22)23)18-11(12)14-15-16-18/h3,5-6,8,24-25H,1,13H2,(H,20,21)(H,22,23). The first-order valence-corrected chi connectivity index (χ1v) is 9.30. The number of aliphatic carboxylic acids is 2. The number of carbonyl (C=O) groups excluding carboxylic acids is 1. The van der Waals surface area contributed by atoms with Crippen molar-refractivity contribution in [2.45, 2.75) is 27.5 Å². The molecule has 138 valence electrons. The van der Waals surface area contributed by atoms with E-state index in [1.165, 1.54) is 11.8 Å². The van der Waals surface area contributed by atoms with Crippen molar-refractivity contribution in [1.82, 2.24) is 25.1 Å². The van der Waals surface area contributed by atoms with Crippen LogP contribution in [-0.4, -0.2) is 75.6 Å². The van der Waals surface area contributed by atoms with Crippen LogP contribution in [0.1, 0.15) is 11.9 Å². The predicted molar refractivity (Wildman–Crippen MR) is 93.7 cm³/mol. The van der Waals surface area contributed by atoms with Crippen molar-refractivity contribution in [3.05, 3.63) is 17.1 Å². The van der Waals surface area contributed by atoms with E-state index in [0.29, 0.717) is 0 Å². The number of thiol groups is 2. The van der Waals surface area contributed by atoms with E-state index in [9.17, 15) is 24.6 Å². The Morgan fingerprint density at radius 2 is 2.12 bits per heavy atom. The zero-order valence-corrected chi connectivity index (χ0v) is 15.4. The summed E-state index contributed by atoms with van der Waals surface area (Å²) in [5.41, 5.74) is 5.77. The van der Waals surface area contributed by atoms with Crippen molar-refractivity contribution in [3.63, 3.8) is 0 Å². The minimum Gasteiger partial charge on any atom is -0.480 e. The normalized spacial score (nSPS) is 33.7. The fourth-order valence-electron chi connectivity index (χ4n) is 3.45. The highest BCUT2D eigenvalue weighted by molar-refractivity contribution is 8.00. The van der Waals surface area contributed by atoms with Crippen molar-refractivity contribution < 1.29 is 24.6 Å². The number of nitrogens with zero attached hydrogens (tertiary/aromatic N) is 5. The van der Waals surface area contributed by atoms with Crippen LogP contribution in [0.25, 0.3) is 0 Å². The largest absolute Gasteiger partial charge is 0.480 e. The van der Waals surface area contributed by atoms with Crippen molar-refractivity contribution in [2.24, 2.45) is 5.73 Å². The second-order valence-electron chi connectivity index (χ2n) is 6.03. The maximum absolute atomic E-state index is 12.1. The molecule has 14 heteroatoms. The van der Waals surface area contributed by atoms with Gasteiger partial charge in [-0.1, -0.05) is 0 Å². The van der Waals surface area contributed by atoms with Gasteiger partial charge >= 0.3 is 11.9 Å². The molecule has 1 aromatic rings. The summed E-state index contributed by atoms with van der Waals surface area (Å²) in [6, 6.07) is -1.99. The number of amides is 1. The summed E-state index contributed by atoms with van der Waals surface area (Å²) in [4.78, 5) is 36.7. The minimum atomic E-state index is -1.43. The fraction of sp³-hybridized carbons (Fsp3) is 0.500. The van der Waals surface area contributed by atoms with Crippen molar-refractivity contribution in [3.8, 4) is 0 Å². The number of hydrogen-bond acceptors (Lipinski definition) is 10. The third-order valence-corrected chi connectivity index (χ3v) is 7.68. The maximum Gasteiger partial charge on any atom is 0.352 e. The molecule has 4 rings (SSSR count). The summed E-state index contributed by atoms with van der Waals surface area (Å²) < 4.78 is -0.332. The number of carboxylic acids is 2. The molecule has 0 aromatic carbocycles. The summed E-state index contributed by atoms with van der Waals surface area (Å²) in [5, 5.41) is 28.6. The second kappa shape index (κ2) is 5.61. The molecule has 1 saturated heterocycles. The summed E-state index contributed by atoms with van der Waals surface area (Å²) in [6.45, 7) is 0. The lowest BCUT2D eigenvalue weighted by Crippen LogP contribution is -2.69. The van der Waals surface area contributed by atoms with Gasteiger partial charge in [0.25, 0.3) is 0 Å². The van der Waals surface area contributed by atoms with Crippen LogP contribution in [0.15, 0.2) is 11.3 Å². The first-order valence-electron chi connectivity index (χ1n) is 7.29. The number of β-lactam (4-membered cyclic amide) rings is 1. The van der Waals surface area contributed by atoms with E-state index in [-0.39, 0.29) is 22.8 Å². The van der Waals surface area contributed by atoms with E-state index < -0.39 is 45.3 Å². The number of carbonyl (C=O) groups is 3. The molecular weight excluding hydrogens is 404 g/mol. The quantitative estimate of drug-likeness (QED) is 0.283. The molecule has 11 nitrogen and oxygen atoms in total. The number of rotatable bonds is 4. The van der Waals surface area contributed by atoms with Gasteiger partial charge in [0.15, 0.2) is 11.9 Å². The SMILES string of the molecule is NC1C(=O)N2C(C(=O)O)=C(C(S)C3(S)c4nnnn4C3C(=O)O)CSC12. The molecule has 1 aromatic heterocycles. The number of nitrogens with two attached hydrogens (primary N) is 1. The molecule has 3 aliphatic rings. The third kappa shape index (κ3) is 1.97. The minimum absolute atomic E-state index is 0.171. The highest BCUT2D eigenvalue weighted by Gasteiger charge is 2.63. The highest BCUT2D eigenvalue weighted by atomic mass is 32.2. The Kier molecular flexibility index (Phi) is 3.81. The first-order chi connectivity index (χ1) is 12.2. The fourth-order valence-corrected chi connectivity index (χ4v) is 5.91. The van der Waals surface area contributed by atoms with Crippen molar-refractivity contribution in [1.29, 1.82) is 0 Å². The predicted octanol–water partition coefficient (Wildman–Crippen LogP) is -1.68. The summed E-state index contributed by atoms with van der Waals surface area (Å²) in [5.74, 6) is -2.65. The van der Waals surface area contributed by atoms with E-state index in [0.717, 1.165) is 9.58 Å². The van der Waals surface area contributed by atoms with Gasteiger partial charge in [-0.15, -0.1) is 16.9 Å². The Hall–Kier alpha value is -1.77. The Labute approximate surface area is 160 Å². The lowest BCUT2D eigenvalue weighted by atomic mass is 9.83. The zero-order valence-electron chi connectivity index (χ0n) is 12.8. The van der Waals surface area contributed by atoms with E-state index >= 15 is 0 Å². The van der Waals surface area contributed by atoms with E-state index in [1.807, 2.05) is 0 Å². The van der Waals surface area contributed by atoms with Gasteiger partial charge in [0.2, 0.25) is 5.91 Å². The van der Waals surface area contributed by atoms with Crippen molar-refractivity contribution in [2.75, 3.05) is 5.75 Å². The van der Waals surface area contributed by atoms with Crippen LogP contribution in [0.5, 0.6) is 0 Å². The third-order valence-electron chi connectivity index (χ3n) is 4.73. The van der Waals surface area contributed by atoms with E-state index in [4.69, 9.17) is 5.73 Å². The average Bonchev–Trinajstić information content (AvgIpc) is 3.02. The lowest BCUT2D eigenvalue weighted by molar-refractivity contribution is -0.148. The van der Waals surface area contributed by atoms with Gasteiger partial charge in [-0.05, 0) is 16.0 Å². The summed E-state index contributed by atoms with van der Waals surface area (Å²) in [6.07, 6.45) is 0. The second-order valence-corrected chi connectivity index (χ2v) is 8.39. The van der Waals surface area contributed by atoms with Gasteiger partial charge < -0.3 is 15.9 Å². The highest BCUT2D eigenvalue weighted by Crippen LogP contribution is 2.55. The molecule has 0 bridgehead atoms. The number of fused-ring (bicyclic) bond motifs is 2. The molecule has 1 fully saturated rings. The lowest BCUT2D eigenvalue weighted by Gasteiger charge is -2.51. The Balaban J connectivity index is 1.80. The zero-order chi connectivity index (χ0) is 19.0. The van der Waals surface area contributed by atoms with Crippen LogP contribution in [0.4, 0.5) is 0 Å². The summed E-state index contributed by atoms with van der Waals surface area (Å²) >= 11 is 10.3. The number of aromatic nitrogens is 4. The Morgan fingerprint density at radius 1 is 1.42 bits per heavy atom. The molecule has 4 N–H and O–H groups in total. The van der Waals surface area contributed by atoms with Gasteiger partial charge in [0.05, 0.1) is 5.25 Å². The summed E-state index contributed by atoms with van der Waals surface area (Å²) in [7, 11) is 0.